The third-order valence-corrected chi connectivity index (χ3v) is 4.09. The van der Waals surface area contributed by atoms with Crippen LogP contribution >= 0.6 is 0 Å². The predicted octanol–water partition coefficient (Wildman–Crippen LogP) is 1.07. The highest BCUT2D eigenvalue weighted by atomic mass is 19.1. The molecule has 0 bridgehead atoms. The van der Waals surface area contributed by atoms with E-state index in [4.69, 9.17) is 5.73 Å². The fourth-order valence-electron chi connectivity index (χ4n) is 2.78. The molecular weight excluding hydrogens is 325 g/mol. The van der Waals surface area contributed by atoms with Gasteiger partial charge >= 0.3 is 0 Å². The van der Waals surface area contributed by atoms with Gasteiger partial charge in [-0.15, -0.1) is 0 Å². The summed E-state index contributed by atoms with van der Waals surface area (Å²) >= 11 is 0. The van der Waals surface area contributed by atoms with E-state index >= 15 is 0 Å². The first kappa shape index (κ1) is 16.8. The van der Waals surface area contributed by atoms with Gasteiger partial charge in [-0.2, -0.15) is 0 Å². The molecule has 2 aromatic rings. The first-order valence-electron chi connectivity index (χ1n) is 7.97. The van der Waals surface area contributed by atoms with Gasteiger partial charge in [0.15, 0.2) is 0 Å². The highest BCUT2D eigenvalue weighted by Crippen LogP contribution is 2.16. The van der Waals surface area contributed by atoms with Gasteiger partial charge in [-0.25, -0.2) is 9.37 Å². The van der Waals surface area contributed by atoms with Gasteiger partial charge in [0.1, 0.15) is 17.3 Å². The number of rotatable bonds is 3. The van der Waals surface area contributed by atoms with Crippen molar-refractivity contribution in [2.24, 2.45) is 5.73 Å². The lowest BCUT2D eigenvalue weighted by Gasteiger charge is -2.23. The van der Waals surface area contributed by atoms with E-state index in [9.17, 15) is 14.0 Å². The summed E-state index contributed by atoms with van der Waals surface area (Å²) in [6.45, 7) is 2.11. The highest BCUT2D eigenvalue weighted by Gasteiger charge is 2.23. The Morgan fingerprint density at radius 2 is 1.88 bits per heavy atom. The van der Waals surface area contributed by atoms with E-state index in [0.29, 0.717) is 38.4 Å². The Kier molecular flexibility index (Phi) is 4.87. The van der Waals surface area contributed by atoms with E-state index in [1.165, 1.54) is 18.3 Å². The Labute approximate surface area is 144 Å². The maximum atomic E-state index is 13.8. The number of anilines is 1. The van der Waals surface area contributed by atoms with Crippen molar-refractivity contribution in [3.8, 4) is 0 Å². The summed E-state index contributed by atoms with van der Waals surface area (Å²) in [4.78, 5) is 35.5. The Morgan fingerprint density at radius 3 is 2.64 bits per heavy atom. The van der Waals surface area contributed by atoms with Crippen LogP contribution in [0.2, 0.25) is 0 Å². The van der Waals surface area contributed by atoms with Crippen molar-refractivity contribution in [1.29, 1.82) is 0 Å². The molecule has 0 spiro atoms. The van der Waals surface area contributed by atoms with Crippen molar-refractivity contribution >= 4 is 17.6 Å². The van der Waals surface area contributed by atoms with E-state index in [1.54, 1.807) is 23.2 Å². The fraction of sp³-hybridized carbons (Fsp3) is 0.294. The summed E-state index contributed by atoms with van der Waals surface area (Å²) in [5, 5.41) is 0. The SMILES string of the molecule is NC(=O)c1cncc(N2CCCN(C(=O)c3ccccc3F)CC2)n1. The van der Waals surface area contributed by atoms with Gasteiger partial charge in [0.2, 0.25) is 0 Å². The van der Waals surface area contributed by atoms with Crippen LogP contribution in [0.25, 0.3) is 0 Å². The zero-order chi connectivity index (χ0) is 17.8. The first-order chi connectivity index (χ1) is 12.1. The minimum atomic E-state index is -0.638. The van der Waals surface area contributed by atoms with Crippen LogP contribution < -0.4 is 10.6 Å². The smallest absolute Gasteiger partial charge is 0.268 e. The van der Waals surface area contributed by atoms with Gasteiger partial charge in [0.05, 0.1) is 18.0 Å². The zero-order valence-electron chi connectivity index (χ0n) is 13.6. The molecule has 3 rings (SSSR count). The molecule has 1 aromatic carbocycles. The number of hydrogen-bond donors (Lipinski definition) is 1. The summed E-state index contributed by atoms with van der Waals surface area (Å²) in [6.07, 6.45) is 3.57. The first-order valence-corrected chi connectivity index (χ1v) is 7.97. The van der Waals surface area contributed by atoms with E-state index in [0.717, 1.165) is 0 Å². The highest BCUT2D eigenvalue weighted by molar-refractivity contribution is 5.94. The van der Waals surface area contributed by atoms with Crippen molar-refractivity contribution in [1.82, 2.24) is 14.9 Å². The van der Waals surface area contributed by atoms with Crippen molar-refractivity contribution in [2.75, 3.05) is 31.1 Å². The molecule has 1 fully saturated rings. The van der Waals surface area contributed by atoms with Crippen LogP contribution in [0.15, 0.2) is 36.7 Å². The maximum Gasteiger partial charge on any atom is 0.268 e. The van der Waals surface area contributed by atoms with Crippen molar-refractivity contribution in [3.63, 3.8) is 0 Å². The summed E-state index contributed by atoms with van der Waals surface area (Å²) in [7, 11) is 0. The summed E-state index contributed by atoms with van der Waals surface area (Å²) < 4.78 is 13.8. The lowest BCUT2D eigenvalue weighted by Crippen LogP contribution is -2.36. The predicted molar refractivity (Wildman–Crippen MR) is 89.7 cm³/mol. The molecular formula is C17H18FN5O2. The number of nitrogens with two attached hydrogens (primary N) is 1. The molecule has 0 atom stereocenters. The van der Waals surface area contributed by atoms with Crippen molar-refractivity contribution in [2.45, 2.75) is 6.42 Å². The van der Waals surface area contributed by atoms with E-state index < -0.39 is 11.7 Å². The quantitative estimate of drug-likeness (QED) is 0.900. The third kappa shape index (κ3) is 3.73. The largest absolute Gasteiger partial charge is 0.364 e. The lowest BCUT2D eigenvalue weighted by atomic mass is 10.2. The standard InChI is InChI=1S/C17H18FN5O2/c18-13-5-2-1-4-12(13)17(25)23-7-3-6-22(8-9-23)15-11-20-10-14(21-15)16(19)24/h1-2,4-5,10-11H,3,6-9H2,(H2,19,24). The number of benzene rings is 1. The zero-order valence-corrected chi connectivity index (χ0v) is 13.6. The molecule has 2 N–H and O–H groups in total. The van der Waals surface area contributed by atoms with Gasteiger partial charge in [0, 0.05) is 26.2 Å². The molecule has 8 heteroatoms. The minimum Gasteiger partial charge on any atom is -0.364 e. The number of primary amides is 1. The normalized spacial score (nSPS) is 14.9. The van der Waals surface area contributed by atoms with Crippen LogP contribution in [-0.2, 0) is 0 Å². The van der Waals surface area contributed by atoms with Gasteiger partial charge in [-0.05, 0) is 18.6 Å². The molecule has 1 saturated heterocycles. The number of nitrogens with zero attached hydrogens (tertiary/aromatic N) is 4. The average molecular weight is 343 g/mol. The molecule has 0 aliphatic carbocycles. The minimum absolute atomic E-state index is 0.0754. The molecule has 25 heavy (non-hydrogen) atoms. The topological polar surface area (TPSA) is 92.4 Å². The lowest BCUT2D eigenvalue weighted by molar-refractivity contribution is 0.0762. The Morgan fingerprint density at radius 1 is 1.08 bits per heavy atom. The third-order valence-electron chi connectivity index (χ3n) is 4.09. The number of carbonyl (C=O) groups is 2. The van der Waals surface area contributed by atoms with Crippen molar-refractivity contribution in [3.05, 3.63) is 53.7 Å². The van der Waals surface area contributed by atoms with Gasteiger partial charge < -0.3 is 15.5 Å². The number of halogens is 1. The second-order valence-electron chi connectivity index (χ2n) is 5.74. The average Bonchev–Trinajstić information content (AvgIpc) is 2.88. The number of hydrogen-bond acceptors (Lipinski definition) is 5. The Hall–Kier alpha value is -3.03. The van der Waals surface area contributed by atoms with E-state index in [-0.39, 0.29) is 17.2 Å². The number of amides is 2. The monoisotopic (exact) mass is 343 g/mol. The molecule has 1 aliphatic rings. The molecule has 2 amide bonds. The Bertz CT molecular complexity index is 798. The molecule has 0 unspecified atom stereocenters. The van der Waals surface area contributed by atoms with Gasteiger partial charge in [-0.3, -0.25) is 14.6 Å². The summed E-state index contributed by atoms with van der Waals surface area (Å²) in [5.41, 5.74) is 5.41. The van der Waals surface area contributed by atoms with Crippen LogP contribution in [0.1, 0.15) is 27.3 Å². The van der Waals surface area contributed by atoms with E-state index in [1.807, 2.05) is 4.90 Å². The fourth-order valence-corrected chi connectivity index (χ4v) is 2.78. The molecule has 0 saturated carbocycles. The van der Waals surface area contributed by atoms with Crippen molar-refractivity contribution < 1.29 is 14.0 Å². The molecule has 7 nitrogen and oxygen atoms in total. The van der Waals surface area contributed by atoms with Gasteiger partial charge in [0.25, 0.3) is 11.8 Å². The summed E-state index contributed by atoms with van der Waals surface area (Å²) in [6, 6.07) is 5.97. The van der Waals surface area contributed by atoms with Crippen LogP contribution in [0, 0.1) is 5.82 Å². The van der Waals surface area contributed by atoms with Crippen LogP contribution in [0.5, 0.6) is 0 Å². The second-order valence-corrected chi connectivity index (χ2v) is 5.74. The Balaban J connectivity index is 1.72. The van der Waals surface area contributed by atoms with E-state index in [2.05, 4.69) is 9.97 Å². The number of carbonyl (C=O) groups excluding carboxylic acids is 2. The van der Waals surface area contributed by atoms with Crippen LogP contribution in [-0.4, -0.2) is 52.9 Å². The van der Waals surface area contributed by atoms with Gasteiger partial charge in [-0.1, -0.05) is 12.1 Å². The molecule has 0 radical (unpaired) electrons. The van der Waals surface area contributed by atoms with Crippen LogP contribution in [0.4, 0.5) is 10.2 Å². The molecule has 1 aliphatic heterocycles. The maximum absolute atomic E-state index is 13.8. The summed E-state index contributed by atoms with van der Waals surface area (Å²) in [5.74, 6) is -0.942. The molecule has 1 aromatic heterocycles. The van der Waals surface area contributed by atoms with Crippen LogP contribution in [0.3, 0.4) is 0 Å². The molecule has 130 valence electrons. The number of aromatic nitrogens is 2. The molecule has 2 heterocycles. The second kappa shape index (κ2) is 7.25.